The highest BCUT2D eigenvalue weighted by Crippen LogP contribution is 2.20. The summed E-state index contributed by atoms with van der Waals surface area (Å²) in [5, 5.41) is 13.1. The normalized spacial score (nSPS) is 23.4. The van der Waals surface area contributed by atoms with E-state index >= 15 is 0 Å². The van der Waals surface area contributed by atoms with Gasteiger partial charge in [-0.05, 0) is 53.4 Å². The molecule has 0 aromatic carbocycles. The molecule has 1 saturated carbocycles. The van der Waals surface area contributed by atoms with Gasteiger partial charge in [0.05, 0.1) is 12.2 Å². The summed E-state index contributed by atoms with van der Waals surface area (Å²) in [5.41, 5.74) is -0.531. The molecule has 1 aliphatic rings. The molecule has 3 atom stereocenters. The van der Waals surface area contributed by atoms with Crippen molar-refractivity contribution < 1.29 is 19.4 Å². The Labute approximate surface area is 140 Å². The van der Waals surface area contributed by atoms with Crippen LogP contribution in [0.3, 0.4) is 0 Å². The third-order valence-electron chi connectivity index (χ3n) is 3.91. The summed E-state index contributed by atoms with van der Waals surface area (Å²) in [5.74, 6) is 0. The second kappa shape index (κ2) is 9.45. The van der Waals surface area contributed by atoms with Crippen molar-refractivity contribution >= 4 is 6.09 Å². The number of methoxy groups -OCH3 is 1. The van der Waals surface area contributed by atoms with Crippen LogP contribution in [-0.4, -0.2) is 66.7 Å². The second-order valence-corrected chi connectivity index (χ2v) is 7.45. The summed E-state index contributed by atoms with van der Waals surface area (Å²) < 4.78 is 10.8. The van der Waals surface area contributed by atoms with E-state index in [0.29, 0.717) is 25.2 Å². The van der Waals surface area contributed by atoms with Crippen molar-refractivity contribution in [2.45, 2.75) is 77.2 Å². The van der Waals surface area contributed by atoms with E-state index in [1.54, 1.807) is 18.9 Å². The molecule has 1 amide bonds. The van der Waals surface area contributed by atoms with E-state index in [1.165, 1.54) is 6.42 Å². The van der Waals surface area contributed by atoms with E-state index in [9.17, 15) is 9.90 Å². The summed E-state index contributed by atoms with van der Waals surface area (Å²) in [7, 11) is 1.76. The zero-order chi connectivity index (χ0) is 17.5. The van der Waals surface area contributed by atoms with Crippen molar-refractivity contribution in [3.63, 3.8) is 0 Å². The van der Waals surface area contributed by atoms with E-state index < -0.39 is 11.7 Å². The highest BCUT2D eigenvalue weighted by molar-refractivity contribution is 5.68. The zero-order valence-electron chi connectivity index (χ0n) is 15.3. The highest BCUT2D eigenvalue weighted by atomic mass is 16.6. The molecular weight excluding hydrogens is 296 g/mol. The number of carbonyl (C=O) groups is 1. The molecule has 2 N–H and O–H groups in total. The fraction of sp³-hybridized carbons (Fsp3) is 0.941. The van der Waals surface area contributed by atoms with Gasteiger partial charge < -0.3 is 24.8 Å². The Morgan fingerprint density at radius 1 is 1.39 bits per heavy atom. The molecule has 1 fully saturated rings. The molecule has 1 aliphatic carbocycles. The fourth-order valence-electron chi connectivity index (χ4n) is 2.85. The van der Waals surface area contributed by atoms with Gasteiger partial charge in [0.1, 0.15) is 5.60 Å². The van der Waals surface area contributed by atoms with Crippen LogP contribution < -0.4 is 5.32 Å². The molecule has 0 aromatic rings. The quantitative estimate of drug-likeness (QED) is 0.748. The van der Waals surface area contributed by atoms with Gasteiger partial charge in [-0.2, -0.15) is 0 Å². The van der Waals surface area contributed by atoms with Crippen LogP contribution in [0.25, 0.3) is 0 Å². The number of ether oxygens (including phenoxy) is 2. The van der Waals surface area contributed by atoms with Crippen molar-refractivity contribution in [3.8, 4) is 0 Å². The maximum Gasteiger partial charge on any atom is 0.410 e. The van der Waals surface area contributed by atoms with Gasteiger partial charge >= 0.3 is 6.09 Å². The minimum absolute atomic E-state index is 0.280. The monoisotopic (exact) mass is 330 g/mol. The van der Waals surface area contributed by atoms with E-state index in [1.807, 2.05) is 20.8 Å². The standard InChI is InChI=1S/C17H34N2O4/c1-13(20)12-19(16(21)23-17(2,3)4)10-9-18-14-7-6-8-15(11-14)22-5/h13-15,18,20H,6-12H2,1-5H3. The summed E-state index contributed by atoms with van der Waals surface area (Å²) in [6.07, 6.45) is 3.83. The van der Waals surface area contributed by atoms with Crippen molar-refractivity contribution in [3.05, 3.63) is 0 Å². The molecule has 136 valence electrons. The predicted octanol–water partition coefficient (Wildman–Crippen LogP) is 2.15. The van der Waals surface area contributed by atoms with Crippen LogP contribution in [0.4, 0.5) is 4.79 Å². The molecule has 0 aromatic heterocycles. The minimum atomic E-state index is -0.574. The molecule has 0 radical (unpaired) electrons. The predicted molar refractivity (Wildman–Crippen MR) is 90.5 cm³/mol. The van der Waals surface area contributed by atoms with Crippen molar-refractivity contribution in [1.29, 1.82) is 0 Å². The Hall–Kier alpha value is -0.850. The van der Waals surface area contributed by atoms with E-state index in [0.717, 1.165) is 19.3 Å². The molecular formula is C17H34N2O4. The average Bonchev–Trinajstić information content (AvgIpc) is 2.44. The van der Waals surface area contributed by atoms with Gasteiger partial charge in [0.25, 0.3) is 0 Å². The lowest BCUT2D eigenvalue weighted by molar-refractivity contribution is 0.0157. The molecule has 1 rings (SSSR count). The van der Waals surface area contributed by atoms with Crippen LogP contribution in [0.15, 0.2) is 0 Å². The maximum absolute atomic E-state index is 12.2. The van der Waals surface area contributed by atoms with E-state index in [4.69, 9.17) is 9.47 Å². The van der Waals surface area contributed by atoms with E-state index in [2.05, 4.69) is 5.32 Å². The first-order chi connectivity index (χ1) is 10.7. The number of nitrogens with zero attached hydrogens (tertiary/aromatic N) is 1. The lowest BCUT2D eigenvalue weighted by Crippen LogP contribution is -2.45. The van der Waals surface area contributed by atoms with Gasteiger partial charge in [0.2, 0.25) is 0 Å². The first kappa shape index (κ1) is 20.2. The lowest BCUT2D eigenvalue weighted by Gasteiger charge is -2.31. The molecule has 3 unspecified atom stereocenters. The largest absolute Gasteiger partial charge is 0.444 e. The van der Waals surface area contributed by atoms with Gasteiger partial charge in [-0.3, -0.25) is 0 Å². The van der Waals surface area contributed by atoms with Gasteiger partial charge in [0.15, 0.2) is 0 Å². The Bertz CT molecular complexity index is 355. The lowest BCUT2D eigenvalue weighted by atomic mass is 9.93. The number of carbonyl (C=O) groups excluding carboxylic acids is 1. The first-order valence-corrected chi connectivity index (χ1v) is 8.63. The summed E-state index contributed by atoms with van der Waals surface area (Å²) in [6.45, 7) is 8.70. The van der Waals surface area contributed by atoms with Crippen molar-refractivity contribution in [2.24, 2.45) is 0 Å². The number of rotatable bonds is 7. The zero-order valence-corrected chi connectivity index (χ0v) is 15.3. The third-order valence-corrected chi connectivity index (χ3v) is 3.91. The first-order valence-electron chi connectivity index (χ1n) is 8.63. The SMILES string of the molecule is COC1CCCC(NCCN(CC(C)O)C(=O)OC(C)(C)C)C1. The molecule has 0 spiro atoms. The Morgan fingerprint density at radius 2 is 2.09 bits per heavy atom. The second-order valence-electron chi connectivity index (χ2n) is 7.45. The molecule has 23 heavy (non-hydrogen) atoms. The minimum Gasteiger partial charge on any atom is -0.444 e. The number of hydrogen-bond donors (Lipinski definition) is 2. The van der Waals surface area contributed by atoms with Crippen molar-refractivity contribution in [2.75, 3.05) is 26.7 Å². The number of nitrogens with one attached hydrogen (secondary N) is 1. The summed E-state index contributed by atoms with van der Waals surface area (Å²) in [4.78, 5) is 13.8. The molecule has 6 nitrogen and oxygen atoms in total. The highest BCUT2D eigenvalue weighted by Gasteiger charge is 2.24. The third kappa shape index (κ3) is 8.53. The average molecular weight is 330 g/mol. The molecule has 6 heteroatoms. The number of amides is 1. The molecule has 0 heterocycles. The van der Waals surface area contributed by atoms with E-state index in [-0.39, 0.29) is 12.6 Å². The van der Waals surface area contributed by atoms with Crippen LogP contribution in [0, 0.1) is 0 Å². The Balaban J connectivity index is 2.43. The topological polar surface area (TPSA) is 71.0 Å². The van der Waals surface area contributed by atoms with Crippen LogP contribution >= 0.6 is 0 Å². The number of aliphatic hydroxyl groups is 1. The van der Waals surface area contributed by atoms with Crippen LogP contribution in [-0.2, 0) is 9.47 Å². The van der Waals surface area contributed by atoms with Gasteiger partial charge in [-0.1, -0.05) is 0 Å². The summed E-state index contributed by atoms with van der Waals surface area (Å²) in [6, 6.07) is 0.431. The van der Waals surface area contributed by atoms with Gasteiger partial charge in [-0.25, -0.2) is 4.79 Å². The van der Waals surface area contributed by atoms with Crippen LogP contribution in [0.2, 0.25) is 0 Å². The van der Waals surface area contributed by atoms with Crippen LogP contribution in [0.1, 0.15) is 53.4 Å². The molecule has 0 saturated heterocycles. The fourth-order valence-corrected chi connectivity index (χ4v) is 2.85. The smallest absolute Gasteiger partial charge is 0.410 e. The Morgan fingerprint density at radius 3 is 2.65 bits per heavy atom. The van der Waals surface area contributed by atoms with Crippen LogP contribution in [0.5, 0.6) is 0 Å². The molecule has 0 aliphatic heterocycles. The maximum atomic E-state index is 12.2. The number of hydrogen-bond acceptors (Lipinski definition) is 5. The number of aliphatic hydroxyl groups excluding tert-OH is 1. The van der Waals surface area contributed by atoms with Crippen molar-refractivity contribution in [1.82, 2.24) is 10.2 Å². The summed E-state index contributed by atoms with van der Waals surface area (Å²) >= 11 is 0. The Kier molecular flexibility index (Phi) is 8.29. The van der Waals surface area contributed by atoms with Gasteiger partial charge in [-0.15, -0.1) is 0 Å². The molecule has 0 bridgehead atoms. The van der Waals surface area contributed by atoms with Gasteiger partial charge in [0, 0.05) is 32.8 Å².